The molecule has 0 aliphatic heterocycles. The molecule has 0 saturated heterocycles. The van der Waals surface area contributed by atoms with Crippen molar-refractivity contribution in [3.05, 3.63) is 83.3 Å². The maximum absolute atomic E-state index is 3.31. The molecule has 0 bridgehead atoms. The van der Waals surface area contributed by atoms with E-state index >= 15 is 0 Å². The fourth-order valence-electron chi connectivity index (χ4n) is 1.55. The molecular formula is C16H13Br. The highest BCUT2D eigenvalue weighted by Gasteiger charge is 1.85. The molecule has 0 N–H and O–H groups in total. The molecule has 0 saturated carbocycles. The van der Waals surface area contributed by atoms with E-state index in [0.717, 1.165) is 4.47 Å². The third-order valence-corrected chi connectivity index (χ3v) is 2.92. The van der Waals surface area contributed by atoms with Gasteiger partial charge in [0.1, 0.15) is 0 Å². The van der Waals surface area contributed by atoms with Gasteiger partial charge in [-0.05, 0) is 22.9 Å². The van der Waals surface area contributed by atoms with Crippen molar-refractivity contribution in [1.29, 1.82) is 0 Å². The smallest absolute Gasteiger partial charge is 0.0175 e. The van der Waals surface area contributed by atoms with Gasteiger partial charge in [-0.1, -0.05) is 82.7 Å². The van der Waals surface area contributed by atoms with Gasteiger partial charge in [-0.15, -0.1) is 0 Å². The molecule has 0 nitrogen and oxygen atoms in total. The fourth-order valence-corrected chi connectivity index (χ4v) is 1.85. The van der Waals surface area contributed by atoms with Gasteiger partial charge in [0, 0.05) is 4.47 Å². The van der Waals surface area contributed by atoms with Gasteiger partial charge in [0.15, 0.2) is 0 Å². The number of halogens is 1. The number of benzene rings is 3. The highest BCUT2D eigenvalue weighted by atomic mass is 79.9. The SMILES string of the molecule is Brc1ccccc1.c1ccc2ccccc2c1. The summed E-state index contributed by atoms with van der Waals surface area (Å²) in [7, 11) is 0. The number of rotatable bonds is 0. The van der Waals surface area contributed by atoms with E-state index < -0.39 is 0 Å². The molecule has 84 valence electrons. The molecule has 0 fully saturated rings. The lowest BCUT2D eigenvalue weighted by atomic mass is 10.1. The first-order chi connectivity index (χ1) is 8.36. The molecule has 0 heterocycles. The first-order valence-electron chi connectivity index (χ1n) is 5.50. The zero-order valence-corrected chi connectivity index (χ0v) is 11.0. The second-order valence-electron chi connectivity index (χ2n) is 3.64. The van der Waals surface area contributed by atoms with Crippen molar-refractivity contribution in [2.75, 3.05) is 0 Å². The minimum atomic E-state index is 1.13. The summed E-state index contributed by atoms with van der Waals surface area (Å²) in [5.74, 6) is 0. The Bertz CT molecular complexity index is 508. The molecule has 0 amide bonds. The zero-order valence-electron chi connectivity index (χ0n) is 9.38. The molecule has 1 heteroatoms. The number of fused-ring (bicyclic) bond motifs is 1. The van der Waals surface area contributed by atoms with Gasteiger partial charge in [0.25, 0.3) is 0 Å². The molecule has 3 aromatic carbocycles. The third kappa shape index (κ3) is 3.72. The second-order valence-corrected chi connectivity index (χ2v) is 4.56. The topological polar surface area (TPSA) is 0 Å². The van der Waals surface area contributed by atoms with Gasteiger partial charge in [-0.2, -0.15) is 0 Å². The lowest BCUT2D eigenvalue weighted by molar-refractivity contribution is 1.66. The second kappa shape index (κ2) is 6.21. The van der Waals surface area contributed by atoms with Crippen molar-refractivity contribution < 1.29 is 0 Å². The minimum Gasteiger partial charge on any atom is -0.0622 e. The van der Waals surface area contributed by atoms with Crippen LogP contribution in [0.2, 0.25) is 0 Å². The maximum atomic E-state index is 3.31. The molecule has 0 aliphatic rings. The average Bonchev–Trinajstić information content (AvgIpc) is 2.41. The first-order valence-corrected chi connectivity index (χ1v) is 6.30. The monoisotopic (exact) mass is 284 g/mol. The van der Waals surface area contributed by atoms with Crippen LogP contribution in [0.15, 0.2) is 83.3 Å². The Morgan fingerprint density at radius 2 is 0.824 bits per heavy atom. The van der Waals surface area contributed by atoms with E-state index in [1.807, 2.05) is 30.3 Å². The van der Waals surface area contributed by atoms with Crippen LogP contribution in [0, 0.1) is 0 Å². The van der Waals surface area contributed by atoms with E-state index in [9.17, 15) is 0 Å². The van der Waals surface area contributed by atoms with E-state index in [1.54, 1.807) is 0 Å². The van der Waals surface area contributed by atoms with Crippen molar-refractivity contribution in [3.63, 3.8) is 0 Å². The molecule has 0 unspecified atom stereocenters. The van der Waals surface area contributed by atoms with Crippen molar-refractivity contribution in [3.8, 4) is 0 Å². The Morgan fingerprint density at radius 1 is 0.471 bits per heavy atom. The van der Waals surface area contributed by atoms with E-state index in [2.05, 4.69) is 64.5 Å². The van der Waals surface area contributed by atoms with Crippen LogP contribution in [0.5, 0.6) is 0 Å². The van der Waals surface area contributed by atoms with Gasteiger partial charge >= 0.3 is 0 Å². The normalized spacial score (nSPS) is 9.47. The summed E-state index contributed by atoms with van der Waals surface area (Å²) >= 11 is 3.31. The van der Waals surface area contributed by atoms with Crippen LogP contribution < -0.4 is 0 Å². The Labute approximate surface area is 110 Å². The molecule has 3 aromatic rings. The van der Waals surface area contributed by atoms with E-state index in [0.29, 0.717) is 0 Å². The molecule has 0 spiro atoms. The average molecular weight is 285 g/mol. The summed E-state index contributed by atoms with van der Waals surface area (Å²) in [6.45, 7) is 0. The van der Waals surface area contributed by atoms with Crippen LogP contribution >= 0.6 is 15.9 Å². The summed E-state index contributed by atoms with van der Waals surface area (Å²) in [6, 6.07) is 26.7. The molecule has 0 aromatic heterocycles. The summed E-state index contributed by atoms with van der Waals surface area (Å²) in [5, 5.41) is 2.62. The van der Waals surface area contributed by atoms with Crippen molar-refractivity contribution >= 4 is 26.7 Å². The predicted molar refractivity (Wildman–Crippen MR) is 78.1 cm³/mol. The summed E-state index contributed by atoms with van der Waals surface area (Å²) in [6.07, 6.45) is 0. The third-order valence-electron chi connectivity index (χ3n) is 2.39. The number of hydrogen-bond acceptors (Lipinski definition) is 0. The number of hydrogen-bond donors (Lipinski definition) is 0. The maximum Gasteiger partial charge on any atom is 0.0175 e. The van der Waals surface area contributed by atoms with Crippen LogP contribution in [0.3, 0.4) is 0 Å². The standard InChI is InChI=1S/C10H8.C6H5Br/c1-2-6-10-8-4-3-7-9(10)5-1;7-6-4-2-1-3-5-6/h1-8H;1-5H. The Kier molecular flexibility index (Phi) is 4.34. The first kappa shape index (κ1) is 11.9. The van der Waals surface area contributed by atoms with Gasteiger partial charge in [-0.3, -0.25) is 0 Å². The molecule has 0 radical (unpaired) electrons. The molecule has 0 atom stereocenters. The van der Waals surface area contributed by atoms with Crippen molar-refractivity contribution in [2.45, 2.75) is 0 Å². The Balaban J connectivity index is 0.000000136. The van der Waals surface area contributed by atoms with Crippen LogP contribution in [-0.4, -0.2) is 0 Å². The van der Waals surface area contributed by atoms with Crippen LogP contribution in [0.1, 0.15) is 0 Å². The minimum absolute atomic E-state index is 1.13. The fraction of sp³-hybridized carbons (Fsp3) is 0. The van der Waals surface area contributed by atoms with Crippen molar-refractivity contribution in [2.24, 2.45) is 0 Å². The molecular weight excluding hydrogens is 272 g/mol. The van der Waals surface area contributed by atoms with Crippen LogP contribution in [0.4, 0.5) is 0 Å². The Morgan fingerprint density at radius 3 is 1.12 bits per heavy atom. The summed E-state index contributed by atoms with van der Waals surface area (Å²) in [5.41, 5.74) is 0. The summed E-state index contributed by atoms with van der Waals surface area (Å²) in [4.78, 5) is 0. The largest absolute Gasteiger partial charge is 0.0622 e. The highest BCUT2D eigenvalue weighted by Crippen LogP contribution is 2.11. The van der Waals surface area contributed by atoms with Gasteiger partial charge < -0.3 is 0 Å². The van der Waals surface area contributed by atoms with E-state index in [4.69, 9.17) is 0 Å². The highest BCUT2D eigenvalue weighted by molar-refractivity contribution is 9.10. The zero-order chi connectivity index (χ0) is 11.9. The predicted octanol–water partition coefficient (Wildman–Crippen LogP) is 5.29. The van der Waals surface area contributed by atoms with Crippen LogP contribution in [0.25, 0.3) is 10.8 Å². The van der Waals surface area contributed by atoms with E-state index in [-0.39, 0.29) is 0 Å². The lowest BCUT2D eigenvalue weighted by Gasteiger charge is -1.92. The quantitative estimate of drug-likeness (QED) is 0.526. The van der Waals surface area contributed by atoms with Gasteiger partial charge in [0.05, 0.1) is 0 Å². The summed E-state index contributed by atoms with van der Waals surface area (Å²) < 4.78 is 1.13. The van der Waals surface area contributed by atoms with Gasteiger partial charge in [-0.25, -0.2) is 0 Å². The van der Waals surface area contributed by atoms with Crippen LogP contribution in [-0.2, 0) is 0 Å². The molecule has 17 heavy (non-hydrogen) atoms. The molecule has 0 aliphatic carbocycles. The van der Waals surface area contributed by atoms with E-state index in [1.165, 1.54) is 10.8 Å². The molecule has 3 rings (SSSR count). The lowest BCUT2D eigenvalue weighted by Crippen LogP contribution is -1.67. The van der Waals surface area contributed by atoms with Crippen molar-refractivity contribution in [1.82, 2.24) is 0 Å². The Hall–Kier alpha value is -1.60. The van der Waals surface area contributed by atoms with Gasteiger partial charge in [0.2, 0.25) is 0 Å².